The zero-order valence-electron chi connectivity index (χ0n) is 7.89. The van der Waals surface area contributed by atoms with Crippen LogP contribution in [0.4, 0.5) is 0 Å². The van der Waals surface area contributed by atoms with Gasteiger partial charge < -0.3 is 14.9 Å². The Balaban J connectivity index is 2.50. The molecule has 0 spiro atoms. The van der Waals surface area contributed by atoms with Crippen molar-refractivity contribution in [3.8, 4) is 0 Å². The lowest BCUT2D eigenvalue weighted by Gasteiger charge is -2.08. The lowest BCUT2D eigenvalue weighted by molar-refractivity contribution is 0.00933. The highest BCUT2D eigenvalue weighted by atomic mass is 35.5. The largest absolute Gasteiger partial charge is 0.459 e. The first kappa shape index (κ1) is 12.0. The lowest BCUT2D eigenvalue weighted by atomic mass is 10.2. The Labute approximate surface area is 92.1 Å². The molecule has 1 rings (SSSR count). The van der Waals surface area contributed by atoms with Gasteiger partial charge in [-0.25, -0.2) is 4.79 Å². The molecule has 4 nitrogen and oxygen atoms in total. The zero-order valence-corrected chi connectivity index (χ0v) is 8.65. The van der Waals surface area contributed by atoms with E-state index in [0.29, 0.717) is 10.6 Å². The van der Waals surface area contributed by atoms with Gasteiger partial charge >= 0.3 is 5.97 Å². The van der Waals surface area contributed by atoms with Crippen LogP contribution < -0.4 is 0 Å². The van der Waals surface area contributed by atoms with Crippen molar-refractivity contribution in [3.63, 3.8) is 0 Å². The maximum absolute atomic E-state index is 11.3. The third kappa shape index (κ3) is 3.87. The summed E-state index contributed by atoms with van der Waals surface area (Å²) in [4.78, 5) is 11.3. The number of carbonyl (C=O) groups is 1. The minimum Gasteiger partial charge on any atom is -0.459 e. The van der Waals surface area contributed by atoms with Crippen LogP contribution >= 0.6 is 11.6 Å². The highest BCUT2D eigenvalue weighted by molar-refractivity contribution is 6.30. The van der Waals surface area contributed by atoms with Crippen LogP contribution in [-0.4, -0.2) is 35.5 Å². The third-order valence-corrected chi connectivity index (χ3v) is 1.95. The van der Waals surface area contributed by atoms with Gasteiger partial charge in [-0.05, 0) is 24.3 Å². The SMILES string of the molecule is O=C(OC[C@H](O)CO)c1ccc(Cl)cc1. The molecule has 1 aromatic rings. The molecule has 0 bridgehead atoms. The second-order valence-corrected chi connectivity index (χ2v) is 3.38. The van der Waals surface area contributed by atoms with Crippen LogP contribution in [0.1, 0.15) is 10.4 Å². The predicted octanol–water partition coefficient (Wildman–Crippen LogP) is 0.850. The maximum atomic E-state index is 11.3. The molecule has 0 aliphatic heterocycles. The van der Waals surface area contributed by atoms with Gasteiger partial charge in [-0.3, -0.25) is 0 Å². The van der Waals surface area contributed by atoms with Crippen molar-refractivity contribution in [2.45, 2.75) is 6.10 Å². The molecule has 0 aliphatic rings. The van der Waals surface area contributed by atoms with E-state index >= 15 is 0 Å². The summed E-state index contributed by atoms with van der Waals surface area (Å²) in [7, 11) is 0. The molecule has 0 amide bonds. The van der Waals surface area contributed by atoms with Gasteiger partial charge in [0.05, 0.1) is 12.2 Å². The highest BCUT2D eigenvalue weighted by Crippen LogP contribution is 2.10. The average Bonchev–Trinajstić information content (AvgIpc) is 2.26. The second-order valence-electron chi connectivity index (χ2n) is 2.94. The van der Waals surface area contributed by atoms with Gasteiger partial charge in [-0.2, -0.15) is 0 Å². The van der Waals surface area contributed by atoms with Crippen LogP contribution in [0, 0.1) is 0 Å². The maximum Gasteiger partial charge on any atom is 0.338 e. The van der Waals surface area contributed by atoms with E-state index in [2.05, 4.69) is 0 Å². The number of rotatable bonds is 4. The van der Waals surface area contributed by atoms with Crippen molar-refractivity contribution < 1.29 is 19.7 Å². The normalized spacial score (nSPS) is 12.2. The Bertz CT molecular complexity index is 323. The summed E-state index contributed by atoms with van der Waals surface area (Å²) in [5, 5.41) is 18.0. The molecule has 15 heavy (non-hydrogen) atoms. The minimum absolute atomic E-state index is 0.224. The standard InChI is InChI=1S/C10H11ClO4/c11-8-3-1-7(2-4-8)10(14)15-6-9(13)5-12/h1-4,9,12-13H,5-6H2/t9-/m1/s1. The fraction of sp³-hybridized carbons (Fsp3) is 0.300. The van der Waals surface area contributed by atoms with Crippen LogP contribution in [0.5, 0.6) is 0 Å². The molecule has 0 unspecified atom stereocenters. The van der Waals surface area contributed by atoms with Crippen molar-refractivity contribution in [1.29, 1.82) is 0 Å². The second kappa shape index (κ2) is 5.70. The first-order valence-corrected chi connectivity index (χ1v) is 4.73. The first-order valence-electron chi connectivity index (χ1n) is 4.35. The first-order chi connectivity index (χ1) is 7.13. The van der Waals surface area contributed by atoms with Gasteiger partial charge in [-0.15, -0.1) is 0 Å². The summed E-state index contributed by atoms with van der Waals surface area (Å²) in [6.45, 7) is -0.661. The Morgan fingerprint density at radius 3 is 2.53 bits per heavy atom. The molecule has 0 saturated carbocycles. The number of halogens is 1. The highest BCUT2D eigenvalue weighted by Gasteiger charge is 2.09. The molecule has 2 N–H and O–H groups in total. The Kier molecular flexibility index (Phi) is 4.55. The molecular formula is C10H11ClO4. The van der Waals surface area contributed by atoms with E-state index in [0.717, 1.165) is 0 Å². The van der Waals surface area contributed by atoms with E-state index in [9.17, 15) is 4.79 Å². The van der Waals surface area contributed by atoms with Gasteiger partial charge in [0.2, 0.25) is 0 Å². The number of aliphatic hydroxyl groups is 2. The Morgan fingerprint density at radius 2 is 2.00 bits per heavy atom. The Morgan fingerprint density at radius 1 is 1.40 bits per heavy atom. The quantitative estimate of drug-likeness (QED) is 0.753. The van der Waals surface area contributed by atoms with E-state index in [-0.39, 0.29) is 6.61 Å². The van der Waals surface area contributed by atoms with E-state index in [4.69, 9.17) is 26.6 Å². The average molecular weight is 231 g/mol. The van der Waals surface area contributed by atoms with Crippen molar-refractivity contribution in [2.24, 2.45) is 0 Å². The molecule has 0 heterocycles. The molecule has 1 atom stereocenters. The lowest BCUT2D eigenvalue weighted by Crippen LogP contribution is -2.21. The molecule has 0 radical (unpaired) electrons. The van der Waals surface area contributed by atoms with Crippen molar-refractivity contribution in [2.75, 3.05) is 13.2 Å². The minimum atomic E-state index is -1.04. The third-order valence-electron chi connectivity index (χ3n) is 1.70. The zero-order chi connectivity index (χ0) is 11.3. The van der Waals surface area contributed by atoms with Gasteiger partial charge in [-0.1, -0.05) is 11.6 Å². The topological polar surface area (TPSA) is 66.8 Å². The molecule has 0 aliphatic carbocycles. The van der Waals surface area contributed by atoms with Gasteiger partial charge in [0.1, 0.15) is 12.7 Å². The monoisotopic (exact) mass is 230 g/mol. The van der Waals surface area contributed by atoms with Crippen LogP contribution in [0.3, 0.4) is 0 Å². The molecule has 0 aromatic heterocycles. The van der Waals surface area contributed by atoms with Crippen LogP contribution in [0.15, 0.2) is 24.3 Å². The van der Waals surface area contributed by atoms with Gasteiger partial charge in [0.25, 0.3) is 0 Å². The van der Waals surface area contributed by atoms with Gasteiger partial charge in [0, 0.05) is 5.02 Å². The fourth-order valence-electron chi connectivity index (χ4n) is 0.894. The number of carbonyl (C=O) groups excluding carboxylic acids is 1. The van der Waals surface area contributed by atoms with Crippen LogP contribution in [-0.2, 0) is 4.74 Å². The van der Waals surface area contributed by atoms with E-state index < -0.39 is 18.7 Å². The number of hydrogen-bond acceptors (Lipinski definition) is 4. The summed E-state index contributed by atoms with van der Waals surface area (Å²) in [6, 6.07) is 6.19. The fourth-order valence-corrected chi connectivity index (χ4v) is 1.02. The van der Waals surface area contributed by atoms with Crippen LogP contribution in [0.2, 0.25) is 5.02 Å². The van der Waals surface area contributed by atoms with Crippen molar-refractivity contribution >= 4 is 17.6 Å². The van der Waals surface area contributed by atoms with E-state index in [1.165, 1.54) is 12.1 Å². The summed E-state index contributed by atoms with van der Waals surface area (Å²) < 4.78 is 4.73. The Hall–Kier alpha value is -1.10. The summed E-state index contributed by atoms with van der Waals surface area (Å²) >= 11 is 5.64. The summed E-state index contributed by atoms with van der Waals surface area (Å²) in [5.41, 5.74) is 0.351. The molecule has 5 heteroatoms. The van der Waals surface area contributed by atoms with Crippen LogP contribution in [0.25, 0.3) is 0 Å². The molecule has 82 valence electrons. The summed E-state index contributed by atoms with van der Waals surface area (Å²) in [6.07, 6.45) is -1.04. The summed E-state index contributed by atoms with van der Waals surface area (Å²) in [5.74, 6) is -0.556. The number of aliphatic hydroxyl groups excluding tert-OH is 2. The number of benzene rings is 1. The molecule has 1 aromatic carbocycles. The number of ether oxygens (including phenoxy) is 1. The molecular weight excluding hydrogens is 220 g/mol. The predicted molar refractivity (Wildman–Crippen MR) is 54.8 cm³/mol. The van der Waals surface area contributed by atoms with Crippen molar-refractivity contribution in [3.05, 3.63) is 34.9 Å². The number of hydrogen-bond donors (Lipinski definition) is 2. The van der Waals surface area contributed by atoms with E-state index in [1.807, 2.05) is 0 Å². The molecule has 0 fully saturated rings. The number of esters is 1. The van der Waals surface area contributed by atoms with Crippen molar-refractivity contribution in [1.82, 2.24) is 0 Å². The van der Waals surface area contributed by atoms with Gasteiger partial charge in [0.15, 0.2) is 0 Å². The molecule has 0 saturated heterocycles. The smallest absolute Gasteiger partial charge is 0.338 e. The van der Waals surface area contributed by atoms with E-state index in [1.54, 1.807) is 12.1 Å².